The van der Waals surface area contributed by atoms with Gasteiger partial charge in [0, 0.05) is 44.1 Å². The molecule has 0 bridgehead atoms. The zero-order chi connectivity index (χ0) is 26.7. The van der Waals surface area contributed by atoms with Crippen molar-refractivity contribution in [2.24, 2.45) is 0 Å². The van der Waals surface area contributed by atoms with Gasteiger partial charge in [0.05, 0.1) is 31.1 Å². The fraction of sp³-hybridized carbons (Fsp3) is 0.429. The average Bonchev–Trinajstić information content (AvgIpc) is 3.57. The summed E-state index contributed by atoms with van der Waals surface area (Å²) in [6, 6.07) is 11.7. The Morgan fingerprint density at radius 3 is 2.66 bits per heavy atom. The highest BCUT2D eigenvalue weighted by molar-refractivity contribution is 5.95. The summed E-state index contributed by atoms with van der Waals surface area (Å²) in [5, 5.41) is 6.92. The molecule has 5 rings (SSSR count). The number of rotatable bonds is 8. The Balaban J connectivity index is 1.46. The van der Waals surface area contributed by atoms with Crippen LogP contribution in [0.4, 0.5) is 10.6 Å². The van der Waals surface area contributed by atoms with Crippen LogP contribution in [0, 0.1) is 0 Å². The van der Waals surface area contributed by atoms with Gasteiger partial charge in [-0.1, -0.05) is 19.1 Å². The van der Waals surface area contributed by atoms with Crippen LogP contribution < -0.4 is 9.64 Å². The first-order chi connectivity index (χ1) is 18.5. The van der Waals surface area contributed by atoms with Gasteiger partial charge in [0.2, 0.25) is 5.91 Å². The number of benzene rings is 1. The van der Waals surface area contributed by atoms with Crippen molar-refractivity contribution in [3.05, 3.63) is 60.0 Å². The molecular weight excluding hydrogens is 484 g/mol. The predicted molar refractivity (Wildman–Crippen MR) is 143 cm³/mol. The highest BCUT2D eigenvalue weighted by Gasteiger charge is 2.52. The fourth-order valence-corrected chi connectivity index (χ4v) is 5.55. The highest BCUT2D eigenvalue weighted by atomic mass is 16.5. The Hall–Kier alpha value is -3.92. The maximum absolute atomic E-state index is 14.0. The number of piperidine rings is 1. The van der Waals surface area contributed by atoms with Crippen LogP contribution in [0.25, 0.3) is 11.1 Å². The van der Waals surface area contributed by atoms with Crippen LogP contribution in [0.15, 0.2) is 48.8 Å². The van der Waals surface area contributed by atoms with Crippen molar-refractivity contribution in [1.82, 2.24) is 25.0 Å². The molecule has 200 valence electrons. The molecule has 38 heavy (non-hydrogen) atoms. The van der Waals surface area contributed by atoms with E-state index >= 15 is 0 Å². The third-order valence-corrected chi connectivity index (χ3v) is 7.66. The molecule has 2 saturated heterocycles. The van der Waals surface area contributed by atoms with E-state index in [9.17, 15) is 9.59 Å². The topological polar surface area (TPSA) is 104 Å². The summed E-state index contributed by atoms with van der Waals surface area (Å²) in [5.74, 6) is 1.38. The molecule has 0 atom stereocenters. The lowest BCUT2D eigenvalue weighted by molar-refractivity contribution is -0.137. The molecule has 10 heteroatoms. The fourth-order valence-electron chi connectivity index (χ4n) is 5.55. The second kappa shape index (κ2) is 10.8. The lowest BCUT2D eigenvalue weighted by atomic mass is 9.86. The Morgan fingerprint density at radius 2 is 1.97 bits per heavy atom. The number of amides is 3. The number of likely N-dealkylation sites (tertiary alicyclic amines) is 1. The second-order valence-corrected chi connectivity index (χ2v) is 9.85. The number of hydrogen-bond acceptors (Lipinski definition) is 6. The van der Waals surface area contributed by atoms with Crippen molar-refractivity contribution in [2.75, 3.05) is 45.4 Å². The standard InChI is InChI=1S/C28H34N6O4/c1-4-24-23(21-15-29-30-16-21)8-9-25(31-24)33-19-28(10-12-32(13-11-28)26(35)18-37-2)34(27(33)36)17-20-6-5-7-22(14-20)38-3/h5-9,14-16H,4,10-13,17-19H2,1-3H3,(H,29,30). The summed E-state index contributed by atoms with van der Waals surface area (Å²) in [4.78, 5) is 37.0. The first kappa shape index (κ1) is 25.7. The molecule has 0 saturated carbocycles. The molecule has 1 N–H and O–H groups in total. The number of aromatic nitrogens is 3. The third-order valence-electron chi connectivity index (χ3n) is 7.66. The Morgan fingerprint density at radius 1 is 1.16 bits per heavy atom. The molecule has 3 aromatic rings. The van der Waals surface area contributed by atoms with E-state index in [0.29, 0.717) is 44.8 Å². The van der Waals surface area contributed by atoms with Gasteiger partial charge in [0.25, 0.3) is 0 Å². The number of methoxy groups -OCH3 is 2. The number of anilines is 1. The van der Waals surface area contributed by atoms with Crippen LogP contribution in [0.1, 0.15) is 31.0 Å². The predicted octanol–water partition coefficient (Wildman–Crippen LogP) is 3.49. The van der Waals surface area contributed by atoms with Crippen LogP contribution in [-0.4, -0.2) is 82.9 Å². The minimum Gasteiger partial charge on any atom is -0.497 e. The second-order valence-electron chi connectivity index (χ2n) is 9.85. The SMILES string of the molecule is CCc1nc(N2CC3(CCN(C(=O)COC)CC3)N(Cc3cccc(OC)c3)C2=O)ccc1-c1cn[nH]c1. The molecule has 2 fully saturated rings. The Kier molecular flexibility index (Phi) is 7.33. The molecule has 4 heterocycles. The number of carbonyl (C=O) groups excluding carboxylic acids is 2. The Labute approximate surface area is 222 Å². The van der Waals surface area contributed by atoms with Crippen LogP contribution in [0.5, 0.6) is 5.75 Å². The van der Waals surface area contributed by atoms with E-state index in [1.54, 1.807) is 18.2 Å². The lowest BCUT2D eigenvalue weighted by Crippen LogP contribution is -2.55. The van der Waals surface area contributed by atoms with Crippen molar-refractivity contribution >= 4 is 17.8 Å². The van der Waals surface area contributed by atoms with Crippen LogP contribution in [0.2, 0.25) is 0 Å². The van der Waals surface area contributed by atoms with E-state index in [1.807, 2.05) is 52.4 Å². The van der Waals surface area contributed by atoms with Crippen LogP contribution in [0.3, 0.4) is 0 Å². The van der Waals surface area contributed by atoms with Crippen molar-refractivity contribution < 1.29 is 19.1 Å². The molecule has 2 aromatic heterocycles. The number of aryl methyl sites for hydroxylation is 1. The summed E-state index contributed by atoms with van der Waals surface area (Å²) in [5.41, 5.74) is 3.47. The van der Waals surface area contributed by atoms with Gasteiger partial charge in [-0.25, -0.2) is 9.78 Å². The van der Waals surface area contributed by atoms with Crippen molar-refractivity contribution in [1.29, 1.82) is 0 Å². The average molecular weight is 519 g/mol. The van der Waals surface area contributed by atoms with Gasteiger partial charge < -0.3 is 19.3 Å². The smallest absolute Gasteiger partial charge is 0.326 e. The number of nitrogens with one attached hydrogen (secondary N) is 1. The molecular formula is C28H34N6O4. The summed E-state index contributed by atoms with van der Waals surface area (Å²) >= 11 is 0. The number of nitrogens with zero attached hydrogens (tertiary/aromatic N) is 5. The number of H-pyrrole nitrogens is 1. The minimum absolute atomic E-state index is 0.0213. The molecule has 1 aromatic carbocycles. The number of hydrogen-bond donors (Lipinski definition) is 1. The molecule has 0 aliphatic carbocycles. The minimum atomic E-state index is -0.415. The van der Waals surface area contributed by atoms with E-state index in [1.165, 1.54) is 7.11 Å². The summed E-state index contributed by atoms with van der Waals surface area (Å²) < 4.78 is 10.5. The monoisotopic (exact) mass is 518 g/mol. The summed E-state index contributed by atoms with van der Waals surface area (Å²) in [6.45, 7) is 4.24. The first-order valence-corrected chi connectivity index (χ1v) is 13.0. The molecule has 2 aliphatic heterocycles. The van der Waals surface area contributed by atoms with E-state index in [-0.39, 0.29) is 18.5 Å². The maximum atomic E-state index is 14.0. The van der Waals surface area contributed by atoms with Crippen molar-refractivity contribution in [2.45, 2.75) is 38.3 Å². The van der Waals surface area contributed by atoms with Crippen LogP contribution >= 0.6 is 0 Å². The molecule has 0 unspecified atom stereocenters. The van der Waals surface area contributed by atoms with Gasteiger partial charge in [0.15, 0.2) is 0 Å². The largest absolute Gasteiger partial charge is 0.497 e. The zero-order valence-electron chi connectivity index (χ0n) is 22.1. The van der Waals surface area contributed by atoms with Gasteiger partial charge in [-0.3, -0.25) is 14.8 Å². The molecule has 1 spiro atoms. The van der Waals surface area contributed by atoms with Gasteiger partial charge in [-0.15, -0.1) is 0 Å². The van der Waals surface area contributed by atoms with E-state index in [0.717, 1.165) is 34.6 Å². The highest BCUT2D eigenvalue weighted by Crippen LogP contribution is 2.40. The summed E-state index contributed by atoms with van der Waals surface area (Å²) in [7, 11) is 3.17. The third kappa shape index (κ3) is 4.83. The van der Waals surface area contributed by atoms with Crippen molar-refractivity contribution in [3.63, 3.8) is 0 Å². The normalized spacial score (nSPS) is 16.9. The first-order valence-electron chi connectivity index (χ1n) is 13.0. The van der Waals surface area contributed by atoms with Gasteiger partial charge in [-0.2, -0.15) is 5.10 Å². The molecule has 3 amide bonds. The number of pyridine rings is 1. The number of urea groups is 1. The molecule has 2 aliphatic rings. The van der Waals surface area contributed by atoms with E-state index < -0.39 is 5.54 Å². The summed E-state index contributed by atoms with van der Waals surface area (Å²) in [6.07, 6.45) is 5.72. The Bertz CT molecular complexity index is 1290. The van der Waals surface area contributed by atoms with E-state index in [2.05, 4.69) is 17.1 Å². The number of aromatic amines is 1. The van der Waals surface area contributed by atoms with E-state index in [4.69, 9.17) is 14.5 Å². The zero-order valence-corrected chi connectivity index (χ0v) is 22.1. The van der Waals surface area contributed by atoms with Gasteiger partial charge >= 0.3 is 6.03 Å². The molecule has 10 nitrogen and oxygen atoms in total. The van der Waals surface area contributed by atoms with Gasteiger partial charge in [-0.05, 0) is 49.1 Å². The van der Waals surface area contributed by atoms with Crippen molar-refractivity contribution in [3.8, 4) is 16.9 Å². The lowest BCUT2D eigenvalue weighted by Gasteiger charge is -2.43. The number of carbonyl (C=O) groups is 2. The van der Waals surface area contributed by atoms with Gasteiger partial charge in [0.1, 0.15) is 18.2 Å². The quantitative estimate of drug-likeness (QED) is 0.490. The van der Waals surface area contributed by atoms with Crippen LogP contribution in [-0.2, 0) is 22.5 Å². The number of ether oxygens (including phenoxy) is 2. The maximum Gasteiger partial charge on any atom is 0.326 e. The molecule has 0 radical (unpaired) electrons.